The highest BCUT2D eigenvalue weighted by Crippen LogP contribution is 2.39. The topological polar surface area (TPSA) is 32.5 Å². The van der Waals surface area contributed by atoms with Crippen LogP contribution >= 0.6 is 11.6 Å². The van der Waals surface area contributed by atoms with Gasteiger partial charge in [0.25, 0.3) is 0 Å². The van der Waals surface area contributed by atoms with E-state index in [2.05, 4.69) is 41.1 Å². The zero-order chi connectivity index (χ0) is 13.4. The van der Waals surface area contributed by atoms with Crippen LogP contribution in [0.5, 0.6) is 0 Å². The van der Waals surface area contributed by atoms with E-state index in [1.165, 1.54) is 11.4 Å². The lowest BCUT2D eigenvalue weighted by atomic mass is 10.1. The molecule has 0 radical (unpaired) electrons. The second-order valence-electron chi connectivity index (χ2n) is 4.77. The highest BCUT2D eigenvalue weighted by Gasteiger charge is 2.22. The summed E-state index contributed by atoms with van der Waals surface area (Å²) in [5.41, 5.74) is 10.2. The van der Waals surface area contributed by atoms with Crippen LogP contribution in [0.3, 0.4) is 0 Å². The number of likely N-dealkylation sites (N-methyl/N-ethyl adjacent to an activating group) is 1. The average molecular weight is 274 g/mol. The van der Waals surface area contributed by atoms with Gasteiger partial charge in [-0.2, -0.15) is 0 Å². The van der Waals surface area contributed by atoms with E-state index >= 15 is 0 Å². The van der Waals surface area contributed by atoms with Crippen molar-refractivity contribution in [2.24, 2.45) is 0 Å². The van der Waals surface area contributed by atoms with Crippen LogP contribution in [0.15, 0.2) is 42.5 Å². The van der Waals surface area contributed by atoms with Crippen LogP contribution in [0.4, 0.5) is 22.7 Å². The van der Waals surface area contributed by atoms with Gasteiger partial charge in [-0.1, -0.05) is 23.7 Å². The number of para-hydroxylation sites is 2. The van der Waals surface area contributed by atoms with Gasteiger partial charge >= 0.3 is 0 Å². The molecule has 1 heterocycles. The van der Waals surface area contributed by atoms with Gasteiger partial charge in [0.15, 0.2) is 0 Å². The predicted octanol–water partition coefficient (Wildman–Crippen LogP) is 3.51. The minimum absolute atomic E-state index is 0.670. The van der Waals surface area contributed by atoms with Crippen molar-refractivity contribution in [2.45, 2.75) is 0 Å². The number of hydrogen-bond donors (Lipinski definition) is 1. The Balaban J connectivity index is 2.09. The van der Waals surface area contributed by atoms with Crippen molar-refractivity contribution in [1.29, 1.82) is 0 Å². The number of nitrogens with zero attached hydrogens (tertiary/aromatic N) is 2. The van der Waals surface area contributed by atoms with Crippen LogP contribution in [-0.4, -0.2) is 20.1 Å². The summed E-state index contributed by atoms with van der Waals surface area (Å²) >= 11 is 5.97. The third-order valence-electron chi connectivity index (χ3n) is 3.52. The minimum atomic E-state index is 0.670. The molecule has 19 heavy (non-hydrogen) atoms. The predicted molar refractivity (Wildman–Crippen MR) is 82.6 cm³/mol. The van der Waals surface area contributed by atoms with Gasteiger partial charge in [0.1, 0.15) is 0 Å². The first-order valence-electron chi connectivity index (χ1n) is 6.29. The lowest BCUT2D eigenvalue weighted by Gasteiger charge is -2.37. The van der Waals surface area contributed by atoms with E-state index in [4.69, 9.17) is 17.3 Å². The SMILES string of the molecule is CN1CCN(c2ccc(Cl)cc2N)c2ccccc21. The number of benzene rings is 2. The Morgan fingerprint density at radius 1 is 1.00 bits per heavy atom. The molecule has 0 saturated carbocycles. The van der Waals surface area contributed by atoms with Gasteiger partial charge in [-0.3, -0.25) is 0 Å². The maximum atomic E-state index is 6.10. The van der Waals surface area contributed by atoms with Crippen LogP contribution in [0.2, 0.25) is 5.02 Å². The summed E-state index contributed by atoms with van der Waals surface area (Å²) in [6.45, 7) is 1.89. The van der Waals surface area contributed by atoms with Crippen molar-refractivity contribution < 1.29 is 0 Å². The second kappa shape index (κ2) is 4.67. The quantitative estimate of drug-likeness (QED) is 0.807. The van der Waals surface area contributed by atoms with Crippen LogP contribution in [-0.2, 0) is 0 Å². The van der Waals surface area contributed by atoms with E-state index in [-0.39, 0.29) is 0 Å². The number of rotatable bonds is 1. The molecule has 2 aromatic rings. The molecular formula is C15H16ClN3. The van der Waals surface area contributed by atoms with Crippen molar-refractivity contribution in [3.8, 4) is 0 Å². The number of fused-ring (bicyclic) bond motifs is 1. The van der Waals surface area contributed by atoms with E-state index in [0.717, 1.165) is 18.8 Å². The zero-order valence-corrected chi connectivity index (χ0v) is 11.6. The van der Waals surface area contributed by atoms with Gasteiger partial charge < -0.3 is 15.5 Å². The van der Waals surface area contributed by atoms with E-state index in [1.807, 2.05) is 12.1 Å². The van der Waals surface area contributed by atoms with Gasteiger partial charge in [-0.25, -0.2) is 0 Å². The summed E-state index contributed by atoms with van der Waals surface area (Å²) in [5.74, 6) is 0. The molecule has 98 valence electrons. The molecule has 1 aliphatic heterocycles. The molecule has 2 aromatic carbocycles. The zero-order valence-electron chi connectivity index (χ0n) is 10.8. The van der Waals surface area contributed by atoms with Crippen molar-refractivity contribution in [1.82, 2.24) is 0 Å². The molecule has 0 fully saturated rings. The molecule has 0 bridgehead atoms. The highest BCUT2D eigenvalue weighted by atomic mass is 35.5. The number of anilines is 4. The standard InChI is InChI=1S/C15H16ClN3/c1-18-8-9-19(15-5-3-2-4-14(15)18)13-7-6-11(16)10-12(13)17/h2-7,10H,8-9,17H2,1H3. The van der Waals surface area contributed by atoms with Gasteiger partial charge in [0, 0.05) is 25.2 Å². The molecule has 3 nitrogen and oxygen atoms in total. The van der Waals surface area contributed by atoms with Crippen molar-refractivity contribution >= 4 is 34.4 Å². The molecular weight excluding hydrogens is 258 g/mol. The molecule has 0 aromatic heterocycles. The fraction of sp³-hybridized carbons (Fsp3) is 0.200. The van der Waals surface area contributed by atoms with Crippen LogP contribution in [0.1, 0.15) is 0 Å². The van der Waals surface area contributed by atoms with Crippen LogP contribution in [0.25, 0.3) is 0 Å². The van der Waals surface area contributed by atoms with E-state index in [1.54, 1.807) is 6.07 Å². The number of hydrogen-bond acceptors (Lipinski definition) is 3. The number of nitrogen functional groups attached to an aromatic ring is 1. The van der Waals surface area contributed by atoms with Gasteiger partial charge in [-0.05, 0) is 30.3 Å². The molecule has 0 saturated heterocycles. The van der Waals surface area contributed by atoms with E-state index < -0.39 is 0 Å². The smallest absolute Gasteiger partial charge is 0.0649 e. The molecule has 0 aliphatic carbocycles. The number of halogens is 1. The summed E-state index contributed by atoms with van der Waals surface area (Å²) in [7, 11) is 2.11. The molecule has 0 amide bonds. The molecule has 1 aliphatic rings. The second-order valence-corrected chi connectivity index (χ2v) is 5.20. The Morgan fingerprint density at radius 3 is 2.47 bits per heavy atom. The summed E-state index contributed by atoms with van der Waals surface area (Å²) < 4.78 is 0. The average Bonchev–Trinajstić information content (AvgIpc) is 2.41. The van der Waals surface area contributed by atoms with Crippen LogP contribution in [0, 0.1) is 0 Å². The monoisotopic (exact) mass is 273 g/mol. The Morgan fingerprint density at radius 2 is 1.74 bits per heavy atom. The van der Waals surface area contributed by atoms with Gasteiger partial charge in [0.2, 0.25) is 0 Å². The van der Waals surface area contributed by atoms with E-state index in [9.17, 15) is 0 Å². The van der Waals surface area contributed by atoms with Gasteiger partial charge in [-0.15, -0.1) is 0 Å². The summed E-state index contributed by atoms with van der Waals surface area (Å²) in [4.78, 5) is 4.51. The van der Waals surface area contributed by atoms with Crippen molar-refractivity contribution in [2.75, 3.05) is 35.7 Å². The molecule has 4 heteroatoms. The maximum absolute atomic E-state index is 6.10. The Hall–Kier alpha value is -1.87. The first-order valence-corrected chi connectivity index (χ1v) is 6.67. The molecule has 3 rings (SSSR count). The van der Waals surface area contributed by atoms with Crippen molar-refractivity contribution in [3.63, 3.8) is 0 Å². The van der Waals surface area contributed by atoms with Crippen molar-refractivity contribution in [3.05, 3.63) is 47.5 Å². The fourth-order valence-corrected chi connectivity index (χ4v) is 2.71. The summed E-state index contributed by atoms with van der Waals surface area (Å²) in [6.07, 6.45) is 0. The molecule has 0 spiro atoms. The highest BCUT2D eigenvalue weighted by molar-refractivity contribution is 6.31. The first kappa shape index (κ1) is 12.2. The molecule has 0 atom stereocenters. The fourth-order valence-electron chi connectivity index (χ4n) is 2.53. The van der Waals surface area contributed by atoms with Gasteiger partial charge in [0.05, 0.1) is 22.7 Å². The normalized spacial score (nSPS) is 14.4. The third-order valence-corrected chi connectivity index (χ3v) is 3.76. The summed E-state index contributed by atoms with van der Waals surface area (Å²) in [5, 5.41) is 0.670. The summed E-state index contributed by atoms with van der Waals surface area (Å²) in [6, 6.07) is 14.0. The Labute approximate surface area is 118 Å². The Bertz CT molecular complexity index is 612. The largest absolute Gasteiger partial charge is 0.397 e. The maximum Gasteiger partial charge on any atom is 0.0649 e. The Kier molecular flexibility index (Phi) is 2.99. The number of nitrogens with two attached hydrogens (primary N) is 1. The molecule has 2 N–H and O–H groups in total. The van der Waals surface area contributed by atoms with Crippen LogP contribution < -0.4 is 15.5 Å². The first-order chi connectivity index (χ1) is 9.16. The van der Waals surface area contributed by atoms with E-state index in [0.29, 0.717) is 10.7 Å². The minimum Gasteiger partial charge on any atom is -0.397 e. The third kappa shape index (κ3) is 2.10. The molecule has 0 unspecified atom stereocenters. The lowest BCUT2D eigenvalue weighted by molar-refractivity contribution is 0.823. The lowest BCUT2D eigenvalue weighted by Crippen LogP contribution is -2.36.